The molecule has 1 amide bonds. The molecule has 2 nitrogen and oxygen atoms in total. The van der Waals surface area contributed by atoms with Crippen molar-refractivity contribution in [1.29, 1.82) is 0 Å². The van der Waals surface area contributed by atoms with Gasteiger partial charge in [-0.3, -0.25) is 4.79 Å². The molecule has 0 N–H and O–H groups in total. The lowest BCUT2D eigenvalue weighted by Gasteiger charge is -2.25. The maximum atomic E-state index is 11.6. The Morgan fingerprint density at radius 1 is 1.53 bits per heavy atom. The fourth-order valence-electron chi connectivity index (χ4n) is 1.94. The normalized spacial score (nSPS) is 20.4. The molecule has 0 aromatic rings. The molecule has 1 aliphatic heterocycles. The predicted octanol–water partition coefficient (Wildman–Crippen LogP) is 2.69. The Hall–Kier alpha value is -1.31. The molecule has 0 aromatic heterocycles. The molecule has 15 heavy (non-hydrogen) atoms. The number of rotatable bonds is 6. The summed E-state index contributed by atoms with van der Waals surface area (Å²) in [4.78, 5) is 13.5. The highest BCUT2D eigenvalue weighted by Gasteiger charge is 2.30. The molecule has 1 saturated heterocycles. The van der Waals surface area contributed by atoms with E-state index in [0.717, 1.165) is 31.4 Å². The molecule has 0 radical (unpaired) electrons. The molecule has 1 unspecified atom stereocenters. The zero-order chi connectivity index (χ0) is 11.3. The number of carbonyl (C=O) groups excluding carboxylic acids is 1. The van der Waals surface area contributed by atoms with Gasteiger partial charge in [-0.2, -0.15) is 0 Å². The van der Waals surface area contributed by atoms with E-state index in [9.17, 15) is 4.79 Å². The van der Waals surface area contributed by atoms with E-state index in [1.165, 1.54) is 0 Å². The Morgan fingerprint density at radius 3 is 2.87 bits per heavy atom. The largest absolute Gasteiger partial charge is 0.336 e. The molecule has 0 spiro atoms. The van der Waals surface area contributed by atoms with Crippen LogP contribution in [0.25, 0.3) is 0 Å². The molecule has 1 heterocycles. The van der Waals surface area contributed by atoms with Crippen molar-refractivity contribution >= 4 is 5.91 Å². The van der Waals surface area contributed by atoms with Gasteiger partial charge in [-0.1, -0.05) is 25.3 Å². The van der Waals surface area contributed by atoms with Gasteiger partial charge in [0.25, 0.3) is 0 Å². The van der Waals surface area contributed by atoms with E-state index in [1.807, 2.05) is 11.0 Å². The standard InChI is InChI=1S/C13H19NO/c1-4-6-7-10-14-12(11(3)5-2)8-9-13(14)15/h4-5,12H,1-3,6-10H2. The number of hydrogen-bond donors (Lipinski definition) is 0. The van der Waals surface area contributed by atoms with Crippen molar-refractivity contribution in [2.45, 2.75) is 31.7 Å². The summed E-state index contributed by atoms with van der Waals surface area (Å²) >= 11 is 0. The summed E-state index contributed by atoms with van der Waals surface area (Å²) in [6, 6.07) is 0.180. The van der Waals surface area contributed by atoms with Crippen molar-refractivity contribution in [3.05, 3.63) is 37.5 Å². The number of carbonyl (C=O) groups is 1. The molecular weight excluding hydrogens is 186 g/mol. The molecule has 1 aliphatic rings. The second kappa shape index (κ2) is 5.54. The number of nitrogens with zero attached hydrogens (tertiary/aromatic N) is 1. The Bertz CT molecular complexity index is 280. The van der Waals surface area contributed by atoms with Crippen molar-refractivity contribution in [1.82, 2.24) is 4.90 Å². The van der Waals surface area contributed by atoms with Crippen LogP contribution in [0.1, 0.15) is 25.7 Å². The lowest BCUT2D eigenvalue weighted by atomic mass is 10.1. The zero-order valence-electron chi connectivity index (χ0n) is 9.24. The van der Waals surface area contributed by atoms with Crippen molar-refractivity contribution < 1.29 is 4.79 Å². The highest BCUT2D eigenvalue weighted by Crippen LogP contribution is 2.24. The van der Waals surface area contributed by atoms with Crippen LogP contribution in [0.4, 0.5) is 0 Å². The number of allylic oxidation sites excluding steroid dienone is 1. The Morgan fingerprint density at radius 2 is 2.27 bits per heavy atom. The van der Waals surface area contributed by atoms with Gasteiger partial charge in [-0.25, -0.2) is 0 Å². The summed E-state index contributed by atoms with van der Waals surface area (Å²) in [5.74, 6) is 0.243. The quantitative estimate of drug-likeness (QED) is 0.371. The third-order valence-electron chi connectivity index (χ3n) is 2.83. The van der Waals surface area contributed by atoms with Crippen LogP contribution >= 0.6 is 0 Å². The first kappa shape index (κ1) is 11.8. The van der Waals surface area contributed by atoms with E-state index in [2.05, 4.69) is 19.7 Å². The Labute approximate surface area is 92.0 Å². The van der Waals surface area contributed by atoms with Gasteiger partial charge in [0.2, 0.25) is 5.91 Å². The van der Waals surface area contributed by atoms with Gasteiger partial charge >= 0.3 is 0 Å². The first-order valence-electron chi connectivity index (χ1n) is 5.42. The first-order chi connectivity index (χ1) is 7.20. The van der Waals surface area contributed by atoms with E-state index in [-0.39, 0.29) is 11.9 Å². The van der Waals surface area contributed by atoms with Crippen LogP contribution in [-0.4, -0.2) is 23.4 Å². The van der Waals surface area contributed by atoms with Crippen LogP contribution in [0.5, 0.6) is 0 Å². The van der Waals surface area contributed by atoms with E-state index in [0.29, 0.717) is 6.42 Å². The minimum atomic E-state index is 0.180. The monoisotopic (exact) mass is 205 g/mol. The average Bonchev–Trinajstić information content (AvgIpc) is 2.60. The van der Waals surface area contributed by atoms with Crippen molar-refractivity contribution in [2.24, 2.45) is 0 Å². The van der Waals surface area contributed by atoms with Gasteiger partial charge in [-0.15, -0.1) is 6.58 Å². The van der Waals surface area contributed by atoms with E-state index in [4.69, 9.17) is 0 Å². The summed E-state index contributed by atoms with van der Waals surface area (Å²) in [5.41, 5.74) is 0.958. The first-order valence-corrected chi connectivity index (χ1v) is 5.42. The smallest absolute Gasteiger partial charge is 0.223 e. The zero-order valence-corrected chi connectivity index (χ0v) is 9.24. The van der Waals surface area contributed by atoms with Gasteiger partial charge in [0.1, 0.15) is 0 Å². The van der Waals surface area contributed by atoms with Gasteiger partial charge < -0.3 is 4.90 Å². The minimum absolute atomic E-state index is 0.180. The maximum absolute atomic E-state index is 11.6. The Kier molecular flexibility index (Phi) is 4.35. The summed E-state index contributed by atoms with van der Waals surface area (Å²) in [7, 11) is 0. The average molecular weight is 205 g/mol. The maximum Gasteiger partial charge on any atom is 0.223 e. The summed E-state index contributed by atoms with van der Waals surface area (Å²) < 4.78 is 0. The number of likely N-dealkylation sites (tertiary alicyclic amines) is 1. The van der Waals surface area contributed by atoms with Crippen LogP contribution in [0.3, 0.4) is 0 Å². The third kappa shape index (κ3) is 2.82. The molecule has 1 atom stereocenters. The van der Waals surface area contributed by atoms with E-state index >= 15 is 0 Å². The fraction of sp³-hybridized carbons (Fsp3) is 0.462. The van der Waals surface area contributed by atoms with Gasteiger partial charge in [0.05, 0.1) is 6.04 Å². The van der Waals surface area contributed by atoms with Gasteiger partial charge in [0.15, 0.2) is 0 Å². The predicted molar refractivity (Wildman–Crippen MR) is 63.5 cm³/mol. The lowest BCUT2D eigenvalue weighted by molar-refractivity contribution is -0.128. The molecule has 2 heteroatoms. The van der Waals surface area contributed by atoms with Crippen molar-refractivity contribution in [2.75, 3.05) is 6.54 Å². The number of amides is 1. The van der Waals surface area contributed by atoms with Crippen molar-refractivity contribution in [3.63, 3.8) is 0 Å². The second-order valence-corrected chi connectivity index (χ2v) is 3.85. The molecule has 0 aromatic carbocycles. The van der Waals surface area contributed by atoms with Crippen molar-refractivity contribution in [3.8, 4) is 0 Å². The third-order valence-corrected chi connectivity index (χ3v) is 2.83. The van der Waals surface area contributed by atoms with E-state index < -0.39 is 0 Å². The number of hydrogen-bond acceptors (Lipinski definition) is 1. The molecule has 1 rings (SSSR count). The van der Waals surface area contributed by atoms with Crippen LogP contribution < -0.4 is 0 Å². The molecule has 0 aliphatic carbocycles. The van der Waals surface area contributed by atoms with Crippen LogP contribution in [0, 0.1) is 0 Å². The van der Waals surface area contributed by atoms with Crippen LogP contribution in [0.2, 0.25) is 0 Å². The molecule has 0 saturated carbocycles. The second-order valence-electron chi connectivity index (χ2n) is 3.85. The highest BCUT2D eigenvalue weighted by atomic mass is 16.2. The molecule has 82 valence electrons. The topological polar surface area (TPSA) is 20.3 Å². The fourth-order valence-corrected chi connectivity index (χ4v) is 1.94. The highest BCUT2D eigenvalue weighted by molar-refractivity contribution is 5.79. The van der Waals surface area contributed by atoms with Crippen LogP contribution in [-0.2, 0) is 4.79 Å². The van der Waals surface area contributed by atoms with Gasteiger partial charge in [0, 0.05) is 13.0 Å². The SMILES string of the molecule is C=CCCCN1C(=O)CCC1C(=C)C=C. The molecular formula is C13H19NO. The summed E-state index contributed by atoms with van der Waals surface area (Å²) in [5, 5.41) is 0. The van der Waals surface area contributed by atoms with Crippen LogP contribution in [0.15, 0.2) is 37.5 Å². The molecule has 1 fully saturated rings. The van der Waals surface area contributed by atoms with Gasteiger partial charge in [-0.05, 0) is 24.8 Å². The summed E-state index contributed by atoms with van der Waals surface area (Å²) in [6.07, 6.45) is 7.11. The summed E-state index contributed by atoms with van der Waals surface area (Å²) in [6.45, 7) is 12.1. The van der Waals surface area contributed by atoms with E-state index in [1.54, 1.807) is 6.08 Å². The number of unbranched alkanes of at least 4 members (excludes halogenated alkanes) is 1. The Balaban J connectivity index is 2.56. The minimum Gasteiger partial charge on any atom is -0.336 e. The molecule has 0 bridgehead atoms. The lowest BCUT2D eigenvalue weighted by Crippen LogP contribution is -2.34.